The second-order valence-electron chi connectivity index (χ2n) is 5.83. The van der Waals surface area contributed by atoms with Gasteiger partial charge in [0.2, 0.25) is 0 Å². The molecule has 0 radical (unpaired) electrons. The predicted molar refractivity (Wildman–Crippen MR) is 100 cm³/mol. The van der Waals surface area contributed by atoms with Crippen LogP contribution in [0.3, 0.4) is 0 Å². The van der Waals surface area contributed by atoms with Crippen LogP contribution in [-0.2, 0) is 11.0 Å². The number of phenols is 1. The largest absolute Gasteiger partial charge is 0.508 e. The normalized spacial score (nSPS) is 17.7. The zero-order chi connectivity index (χ0) is 20.0. The average Bonchev–Trinajstić information content (AvgIpc) is 3.11. The van der Waals surface area contributed by atoms with Gasteiger partial charge in [0.25, 0.3) is 0 Å². The highest BCUT2D eigenvalue weighted by molar-refractivity contribution is 9.10. The molecule has 144 valence electrons. The summed E-state index contributed by atoms with van der Waals surface area (Å²) in [6.07, 6.45) is 0.848. The molecule has 0 amide bonds. The third-order valence-electron chi connectivity index (χ3n) is 3.90. The van der Waals surface area contributed by atoms with Gasteiger partial charge in [0.05, 0.1) is 10.5 Å². The van der Waals surface area contributed by atoms with Crippen molar-refractivity contribution in [1.82, 2.24) is 4.31 Å². The van der Waals surface area contributed by atoms with Crippen molar-refractivity contribution in [3.05, 3.63) is 58.1 Å². The van der Waals surface area contributed by atoms with Gasteiger partial charge in [0.1, 0.15) is 34.4 Å². The van der Waals surface area contributed by atoms with E-state index >= 15 is 0 Å². The summed E-state index contributed by atoms with van der Waals surface area (Å²) in [5.41, 5.74) is -0.0576. The highest BCUT2D eigenvalue weighted by Crippen LogP contribution is 2.26. The molecule has 3 rings (SSSR count). The van der Waals surface area contributed by atoms with E-state index in [1.54, 1.807) is 10.4 Å². The lowest BCUT2D eigenvalue weighted by molar-refractivity contribution is 0.233. The molecule has 0 saturated carbocycles. The Kier molecular flexibility index (Phi) is 7.86. The van der Waals surface area contributed by atoms with Gasteiger partial charge in [-0.05, 0) is 58.6 Å². The third kappa shape index (κ3) is 5.81. The van der Waals surface area contributed by atoms with E-state index in [1.165, 1.54) is 30.3 Å². The molecule has 0 spiro atoms. The summed E-state index contributed by atoms with van der Waals surface area (Å²) in [4.78, 5) is 0.574. The lowest BCUT2D eigenvalue weighted by Gasteiger charge is -2.15. The van der Waals surface area contributed by atoms with E-state index in [2.05, 4.69) is 15.9 Å². The lowest BCUT2D eigenvalue weighted by atomic mass is 10.1. The molecular weight excluding hydrogens is 442 g/mol. The smallest absolute Gasteiger partial charge is 0.144 e. The summed E-state index contributed by atoms with van der Waals surface area (Å²) >= 11 is 3.22. The van der Waals surface area contributed by atoms with Gasteiger partial charge in [0.15, 0.2) is 0 Å². The van der Waals surface area contributed by atoms with E-state index < -0.39 is 16.8 Å². The second kappa shape index (κ2) is 9.90. The van der Waals surface area contributed by atoms with Crippen LogP contribution in [0.2, 0.25) is 0 Å². The summed E-state index contributed by atoms with van der Waals surface area (Å²) in [7, 11) is -1.29. The molecule has 0 bridgehead atoms. The molecule has 2 aromatic carbocycles. The first-order valence-corrected chi connectivity index (χ1v) is 9.87. The fourth-order valence-corrected chi connectivity index (χ4v) is 4.52. The standard InChI is InChI=1S/C11H13BrFNO2S.C7H4FNO/c12-10-5-9(13)1-2-11(10)17(16)14-4-3-8(6-14)7-15;8-7-3-6(10)2-1-5(7)4-9/h1-2,5,8,15H,3-4,6-7H2;1-3,10H. The summed E-state index contributed by atoms with van der Waals surface area (Å²) in [6, 6.07) is 9.18. The number of hydrogen-bond donors (Lipinski definition) is 2. The van der Waals surface area contributed by atoms with Crippen molar-refractivity contribution < 1.29 is 23.2 Å². The van der Waals surface area contributed by atoms with Crippen molar-refractivity contribution in [3.63, 3.8) is 0 Å². The zero-order valence-electron chi connectivity index (χ0n) is 14.1. The maximum absolute atomic E-state index is 12.9. The second-order valence-corrected chi connectivity index (χ2v) is 8.13. The van der Waals surface area contributed by atoms with Gasteiger partial charge in [0, 0.05) is 30.2 Å². The molecule has 0 aliphatic carbocycles. The van der Waals surface area contributed by atoms with E-state index in [0.29, 0.717) is 22.5 Å². The quantitative estimate of drug-likeness (QED) is 0.738. The van der Waals surface area contributed by atoms with Crippen molar-refractivity contribution in [2.24, 2.45) is 5.92 Å². The van der Waals surface area contributed by atoms with Crippen LogP contribution in [0.1, 0.15) is 12.0 Å². The predicted octanol–water partition coefficient (Wildman–Crippen LogP) is 3.33. The molecule has 2 aromatic rings. The van der Waals surface area contributed by atoms with Gasteiger partial charge in [-0.15, -0.1) is 0 Å². The zero-order valence-corrected chi connectivity index (χ0v) is 16.5. The molecule has 9 heteroatoms. The molecule has 2 unspecified atom stereocenters. The maximum Gasteiger partial charge on any atom is 0.144 e. The molecule has 1 fully saturated rings. The first kappa shape index (κ1) is 21.4. The van der Waals surface area contributed by atoms with Crippen LogP contribution in [0.4, 0.5) is 8.78 Å². The van der Waals surface area contributed by atoms with Crippen LogP contribution in [0.5, 0.6) is 5.75 Å². The minimum atomic E-state index is -1.29. The van der Waals surface area contributed by atoms with E-state index in [-0.39, 0.29) is 29.7 Å². The summed E-state index contributed by atoms with van der Waals surface area (Å²) < 4.78 is 40.0. The van der Waals surface area contributed by atoms with Crippen molar-refractivity contribution in [1.29, 1.82) is 5.26 Å². The molecular formula is C18H17BrF2N2O3S. The van der Waals surface area contributed by atoms with Gasteiger partial charge in [-0.3, -0.25) is 0 Å². The first-order chi connectivity index (χ1) is 12.8. The molecule has 1 aliphatic heterocycles. The Labute approximate surface area is 166 Å². The van der Waals surface area contributed by atoms with Gasteiger partial charge in [-0.25, -0.2) is 17.3 Å². The number of nitrogens with zero attached hydrogens (tertiary/aromatic N) is 2. The maximum atomic E-state index is 12.9. The molecule has 27 heavy (non-hydrogen) atoms. The number of aliphatic hydroxyl groups excluding tert-OH is 1. The fraction of sp³-hybridized carbons (Fsp3) is 0.278. The minimum absolute atomic E-state index is 0.0576. The average molecular weight is 459 g/mol. The van der Waals surface area contributed by atoms with Crippen LogP contribution in [0.15, 0.2) is 45.8 Å². The Balaban J connectivity index is 0.000000223. The van der Waals surface area contributed by atoms with E-state index in [9.17, 15) is 13.0 Å². The van der Waals surface area contributed by atoms with Crippen molar-refractivity contribution >= 4 is 26.9 Å². The highest BCUT2D eigenvalue weighted by atomic mass is 79.9. The van der Waals surface area contributed by atoms with Crippen molar-refractivity contribution in [2.45, 2.75) is 11.3 Å². The number of phenolic OH excluding ortho intramolecular Hbond substituents is 1. The monoisotopic (exact) mass is 458 g/mol. The highest BCUT2D eigenvalue weighted by Gasteiger charge is 2.27. The minimum Gasteiger partial charge on any atom is -0.508 e. The topological polar surface area (TPSA) is 84.6 Å². The molecule has 2 atom stereocenters. The van der Waals surface area contributed by atoms with E-state index in [4.69, 9.17) is 15.5 Å². The van der Waals surface area contributed by atoms with Gasteiger partial charge >= 0.3 is 0 Å². The van der Waals surface area contributed by atoms with E-state index in [1.807, 2.05) is 0 Å². The summed E-state index contributed by atoms with van der Waals surface area (Å²) in [5.74, 6) is -1.02. The first-order valence-electron chi connectivity index (χ1n) is 7.97. The van der Waals surface area contributed by atoms with Crippen LogP contribution < -0.4 is 0 Å². The number of halogens is 3. The summed E-state index contributed by atoms with van der Waals surface area (Å²) in [5, 5.41) is 26.0. The molecule has 2 N–H and O–H groups in total. The third-order valence-corrected chi connectivity index (χ3v) is 6.35. The fourth-order valence-electron chi connectivity index (χ4n) is 2.45. The van der Waals surface area contributed by atoms with Crippen LogP contribution in [0.25, 0.3) is 0 Å². The Morgan fingerprint density at radius 1 is 1.30 bits per heavy atom. The molecule has 1 saturated heterocycles. The molecule has 1 aliphatic rings. The van der Waals surface area contributed by atoms with Gasteiger partial charge in [-0.2, -0.15) is 5.26 Å². The van der Waals surface area contributed by atoms with E-state index in [0.717, 1.165) is 12.5 Å². The van der Waals surface area contributed by atoms with Gasteiger partial charge < -0.3 is 10.2 Å². The van der Waals surface area contributed by atoms with Crippen molar-refractivity contribution in [3.8, 4) is 11.8 Å². The van der Waals surface area contributed by atoms with Crippen molar-refractivity contribution in [2.75, 3.05) is 19.7 Å². The Morgan fingerprint density at radius 3 is 2.59 bits per heavy atom. The number of nitriles is 1. The van der Waals surface area contributed by atoms with Crippen LogP contribution in [-0.4, -0.2) is 38.4 Å². The number of benzene rings is 2. The number of hydrogen-bond acceptors (Lipinski definition) is 4. The Hall–Kier alpha value is -1.86. The summed E-state index contributed by atoms with van der Waals surface area (Å²) in [6.45, 7) is 1.44. The molecule has 5 nitrogen and oxygen atoms in total. The Bertz CT molecular complexity index is 876. The number of aromatic hydroxyl groups is 1. The van der Waals surface area contributed by atoms with Crippen LogP contribution >= 0.6 is 15.9 Å². The van der Waals surface area contributed by atoms with Crippen LogP contribution in [0, 0.1) is 28.9 Å². The number of rotatable bonds is 3. The SMILES string of the molecule is N#Cc1ccc(O)cc1F.O=S(c1ccc(F)cc1Br)N1CCC(CO)C1. The Morgan fingerprint density at radius 2 is 2.04 bits per heavy atom. The molecule has 1 heterocycles. The number of aliphatic hydroxyl groups is 1. The van der Waals surface area contributed by atoms with Gasteiger partial charge in [-0.1, -0.05) is 0 Å². The lowest BCUT2D eigenvalue weighted by Crippen LogP contribution is -2.24. The molecule has 0 aromatic heterocycles.